The molecule has 0 aliphatic rings. The Morgan fingerprint density at radius 1 is 1.24 bits per heavy atom. The largest absolute Gasteiger partial charge is 0.253 e. The Balaban J connectivity index is 2.79. The number of para-hydroxylation sites is 1. The summed E-state index contributed by atoms with van der Waals surface area (Å²) < 4.78 is 0. The predicted octanol–water partition coefficient (Wildman–Crippen LogP) is 4.30. The van der Waals surface area contributed by atoms with Crippen LogP contribution in [0.5, 0.6) is 0 Å². The first-order chi connectivity index (χ1) is 8.26. The van der Waals surface area contributed by atoms with E-state index in [-0.39, 0.29) is 0 Å². The molecular formula is C16H15N. The molecule has 0 saturated carbocycles. The molecule has 0 spiro atoms. The lowest BCUT2D eigenvalue weighted by Gasteiger charge is -2.08. The fourth-order valence-electron chi connectivity index (χ4n) is 1.94. The zero-order chi connectivity index (χ0) is 12.3. The van der Waals surface area contributed by atoms with Crippen LogP contribution in [0.1, 0.15) is 11.3 Å². The highest BCUT2D eigenvalue weighted by molar-refractivity contribution is 5.94. The molecule has 1 aromatic heterocycles. The zero-order valence-corrected chi connectivity index (χ0v) is 9.98. The van der Waals surface area contributed by atoms with Crippen molar-refractivity contribution >= 4 is 16.5 Å². The van der Waals surface area contributed by atoms with Crippen molar-refractivity contribution in [3.8, 4) is 0 Å². The fraction of sp³-hybridized carbons (Fsp3) is 0.0625. The molecule has 0 bridgehead atoms. The Bertz CT molecular complexity index is 606. The number of nitrogens with zero attached hydrogens (tertiary/aromatic N) is 1. The van der Waals surface area contributed by atoms with E-state index in [1.807, 2.05) is 37.3 Å². The molecule has 0 saturated heterocycles. The lowest BCUT2D eigenvalue weighted by molar-refractivity contribution is 1.25. The van der Waals surface area contributed by atoms with E-state index in [4.69, 9.17) is 0 Å². The van der Waals surface area contributed by atoms with Gasteiger partial charge in [0.2, 0.25) is 0 Å². The Hall–Kier alpha value is -2.15. The third-order valence-electron chi connectivity index (χ3n) is 2.67. The molecule has 1 heteroatoms. The predicted molar refractivity (Wildman–Crippen MR) is 74.9 cm³/mol. The molecule has 1 aromatic carbocycles. The van der Waals surface area contributed by atoms with Gasteiger partial charge in [-0.1, -0.05) is 49.6 Å². The summed E-state index contributed by atoms with van der Waals surface area (Å²) >= 11 is 0. The molecule has 1 nitrogen and oxygen atoms in total. The standard InChI is InChI=1S/C16H15N/c1-4-8-13(5-2)15-11-12(3)17-16-10-7-6-9-14(15)16/h4-11H,1-2H2,3H3/b13-8+. The van der Waals surface area contributed by atoms with Gasteiger partial charge in [0.1, 0.15) is 0 Å². The van der Waals surface area contributed by atoms with Crippen LogP contribution in [0.15, 0.2) is 61.7 Å². The van der Waals surface area contributed by atoms with E-state index in [1.54, 1.807) is 6.08 Å². The maximum atomic E-state index is 4.53. The quantitative estimate of drug-likeness (QED) is 0.704. The summed E-state index contributed by atoms with van der Waals surface area (Å²) in [4.78, 5) is 4.53. The summed E-state index contributed by atoms with van der Waals surface area (Å²) in [5.41, 5.74) is 4.25. The third kappa shape index (κ3) is 2.18. The number of pyridine rings is 1. The molecule has 0 amide bonds. The Kier molecular flexibility index (Phi) is 3.20. The van der Waals surface area contributed by atoms with Crippen LogP contribution in [0.2, 0.25) is 0 Å². The first kappa shape index (κ1) is 11.3. The van der Waals surface area contributed by atoms with Crippen LogP contribution in [0, 0.1) is 6.92 Å². The van der Waals surface area contributed by atoms with Crippen molar-refractivity contribution in [2.75, 3.05) is 0 Å². The van der Waals surface area contributed by atoms with Gasteiger partial charge in [-0.25, -0.2) is 0 Å². The molecular weight excluding hydrogens is 206 g/mol. The molecule has 0 radical (unpaired) electrons. The van der Waals surface area contributed by atoms with Gasteiger partial charge in [-0.2, -0.15) is 0 Å². The van der Waals surface area contributed by atoms with Gasteiger partial charge >= 0.3 is 0 Å². The highest BCUT2D eigenvalue weighted by Crippen LogP contribution is 2.25. The van der Waals surface area contributed by atoms with Crippen molar-refractivity contribution in [3.63, 3.8) is 0 Å². The van der Waals surface area contributed by atoms with E-state index in [0.29, 0.717) is 0 Å². The summed E-state index contributed by atoms with van der Waals surface area (Å²) in [6, 6.07) is 10.2. The Morgan fingerprint density at radius 2 is 2.00 bits per heavy atom. The number of allylic oxidation sites excluding steroid dienone is 4. The lowest BCUT2D eigenvalue weighted by atomic mass is 10.00. The second-order valence-corrected chi connectivity index (χ2v) is 3.89. The molecule has 2 rings (SSSR count). The van der Waals surface area contributed by atoms with Gasteiger partial charge in [-0.15, -0.1) is 0 Å². The van der Waals surface area contributed by atoms with Gasteiger partial charge in [0.15, 0.2) is 0 Å². The third-order valence-corrected chi connectivity index (χ3v) is 2.67. The highest BCUT2D eigenvalue weighted by atomic mass is 14.7. The number of aryl methyl sites for hydroxylation is 1. The summed E-state index contributed by atoms with van der Waals surface area (Å²) in [6.45, 7) is 9.60. The van der Waals surface area contributed by atoms with Crippen LogP contribution < -0.4 is 0 Å². The van der Waals surface area contributed by atoms with E-state index in [9.17, 15) is 0 Å². The number of rotatable bonds is 3. The Labute approximate surface area is 102 Å². The molecule has 1 heterocycles. The zero-order valence-electron chi connectivity index (χ0n) is 9.98. The molecule has 0 aliphatic heterocycles. The molecule has 0 fully saturated rings. The van der Waals surface area contributed by atoms with E-state index in [1.165, 1.54) is 0 Å². The molecule has 0 N–H and O–H groups in total. The van der Waals surface area contributed by atoms with Crippen molar-refractivity contribution in [2.45, 2.75) is 6.92 Å². The topological polar surface area (TPSA) is 12.9 Å². The normalized spacial score (nSPS) is 11.5. The van der Waals surface area contributed by atoms with E-state index in [2.05, 4.69) is 30.3 Å². The minimum absolute atomic E-state index is 1.01. The highest BCUT2D eigenvalue weighted by Gasteiger charge is 2.05. The van der Waals surface area contributed by atoms with Crippen LogP contribution in [0.25, 0.3) is 16.5 Å². The van der Waals surface area contributed by atoms with E-state index < -0.39 is 0 Å². The van der Waals surface area contributed by atoms with Gasteiger partial charge in [0.05, 0.1) is 5.52 Å². The number of hydrogen-bond acceptors (Lipinski definition) is 1. The van der Waals surface area contributed by atoms with E-state index >= 15 is 0 Å². The summed E-state index contributed by atoms with van der Waals surface area (Å²) in [6.07, 6.45) is 5.60. The maximum absolute atomic E-state index is 4.53. The lowest BCUT2D eigenvalue weighted by Crippen LogP contribution is -1.90. The van der Waals surface area contributed by atoms with Gasteiger partial charge in [-0.05, 0) is 30.2 Å². The van der Waals surface area contributed by atoms with Crippen molar-refractivity contribution in [1.82, 2.24) is 4.98 Å². The number of benzene rings is 1. The molecule has 0 unspecified atom stereocenters. The van der Waals surface area contributed by atoms with Crippen LogP contribution in [0.3, 0.4) is 0 Å². The maximum Gasteiger partial charge on any atom is 0.0711 e. The minimum atomic E-state index is 1.01. The monoisotopic (exact) mass is 221 g/mol. The molecule has 84 valence electrons. The van der Waals surface area contributed by atoms with Crippen molar-refractivity contribution in [2.24, 2.45) is 0 Å². The van der Waals surface area contributed by atoms with Crippen LogP contribution >= 0.6 is 0 Å². The summed E-state index contributed by atoms with van der Waals surface area (Å²) in [7, 11) is 0. The number of hydrogen-bond donors (Lipinski definition) is 0. The SMILES string of the molecule is C=C/C=C(\C=C)c1cc(C)nc2ccccc12. The Morgan fingerprint density at radius 3 is 2.71 bits per heavy atom. The van der Waals surface area contributed by atoms with Gasteiger partial charge < -0.3 is 0 Å². The molecule has 2 aromatic rings. The van der Waals surface area contributed by atoms with Crippen LogP contribution in [-0.4, -0.2) is 4.98 Å². The minimum Gasteiger partial charge on any atom is -0.253 e. The summed E-state index contributed by atoms with van der Waals surface area (Å²) in [5.74, 6) is 0. The van der Waals surface area contributed by atoms with Gasteiger partial charge in [0, 0.05) is 11.1 Å². The number of aromatic nitrogens is 1. The van der Waals surface area contributed by atoms with Gasteiger partial charge in [0.25, 0.3) is 0 Å². The van der Waals surface area contributed by atoms with Crippen molar-refractivity contribution in [1.29, 1.82) is 0 Å². The fourth-order valence-corrected chi connectivity index (χ4v) is 1.94. The smallest absolute Gasteiger partial charge is 0.0711 e. The molecule has 17 heavy (non-hydrogen) atoms. The number of fused-ring (bicyclic) bond motifs is 1. The second-order valence-electron chi connectivity index (χ2n) is 3.89. The molecule has 0 aliphatic carbocycles. The first-order valence-corrected chi connectivity index (χ1v) is 5.58. The van der Waals surface area contributed by atoms with Gasteiger partial charge in [-0.3, -0.25) is 4.98 Å². The van der Waals surface area contributed by atoms with Crippen molar-refractivity contribution in [3.05, 3.63) is 73.0 Å². The van der Waals surface area contributed by atoms with Crippen molar-refractivity contribution < 1.29 is 0 Å². The van der Waals surface area contributed by atoms with E-state index in [0.717, 1.165) is 27.7 Å². The molecule has 0 atom stereocenters. The average molecular weight is 221 g/mol. The van der Waals surface area contributed by atoms with Crippen LogP contribution in [-0.2, 0) is 0 Å². The summed E-state index contributed by atoms with van der Waals surface area (Å²) in [5, 5.41) is 1.14. The van der Waals surface area contributed by atoms with Crippen LogP contribution in [0.4, 0.5) is 0 Å². The second kappa shape index (κ2) is 4.79. The average Bonchev–Trinajstić information content (AvgIpc) is 2.35. The first-order valence-electron chi connectivity index (χ1n) is 5.58.